The minimum Gasteiger partial charge on any atom is -0.364 e. The minimum absolute atomic E-state index is 0.00716. The van der Waals surface area contributed by atoms with Crippen LogP contribution in [0.5, 0.6) is 0 Å². The van der Waals surface area contributed by atoms with E-state index in [9.17, 15) is 13.6 Å². The molecule has 1 saturated carbocycles. The normalized spacial score (nSPS) is 13.7. The summed E-state index contributed by atoms with van der Waals surface area (Å²) < 4.78 is 29.5. The molecule has 4 rings (SSSR count). The summed E-state index contributed by atoms with van der Waals surface area (Å²) in [5.41, 5.74) is 7.03. The van der Waals surface area contributed by atoms with Gasteiger partial charge in [0.2, 0.25) is 0 Å². The zero-order valence-electron chi connectivity index (χ0n) is 14.6. The first-order valence-corrected chi connectivity index (χ1v) is 8.58. The van der Waals surface area contributed by atoms with E-state index >= 15 is 0 Å². The first-order chi connectivity index (χ1) is 12.9. The highest BCUT2D eigenvalue weighted by atomic mass is 19.1. The molecule has 138 valence electrons. The van der Waals surface area contributed by atoms with Crippen molar-refractivity contribution >= 4 is 5.91 Å². The van der Waals surface area contributed by atoms with Crippen LogP contribution in [-0.4, -0.2) is 25.7 Å². The van der Waals surface area contributed by atoms with Gasteiger partial charge in [-0.1, -0.05) is 6.07 Å². The number of carbonyl (C=O) groups is 1. The molecule has 0 radical (unpaired) electrons. The van der Waals surface area contributed by atoms with E-state index in [4.69, 9.17) is 5.73 Å². The second-order valence-electron chi connectivity index (χ2n) is 6.67. The minimum atomic E-state index is -0.724. The number of aromatic nitrogens is 4. The highest BCUT2D eigenvalue weighted by Crippen LogP contribution is 2.38. The molecule has 0 saturated heterocycles. The lowest BCUT2D eigenvalue weighted by molar-refractivity contribution is 0.0995. The maximum Gasteiger partial charge on any atom is 0.269 e. The van der Waals surface area contributed by atoms with Gasteiger partial charge < -0.3 is 5.73 Å². The molecule has 1 aliphatic rings. The van der Waals surface area contributed by atoms with Crippen molar-refractivity contribution < 1.29 is 13.6 Å². The molecule has 0 aliphatic heterocycles. The van der Waals surface area contributed by atoms with Crippen molar-refractivity contribution in [2.75, 3.05) is 0 Å². The largest absolute Gasteiger partial charge is 0.364 e. The zero-order chi connectivity index (χ0) is 19.1. The van der Waals surface area contributed by atoms with Crippen LogP contribution < -0.4 is 5.73 Å². The van der Waals surface area contributed by atoms with E-state index in [2.05, 4.69) is 15.1 Å². The van der Waals surface area contributed by atoms with Gasteiger partial charge in [0.15, 0.2) is 5.69 Å². The van der Waals surface area contributed by atoms with Crippen molar-refractivity contribution in [3.63, 3.8) is 0 Å². The molecule has 0 atom stereocenters. The predicted molar refractivity (Wildman–Crippen MR) is 93.9 cm³/mol. The highest BCUT2D eigenvalue weighted by molar-refractivity contribution is 5.92. The standard InChI is InChI=1S/C19H17F2N5O/c1-10-8-23-19(11-5-6-11)24-17(10)16-7-15(18(22)27)25-26(16)9-12-13(20)3-2-4-14(12)21/h2-4,7-8,11H,5-6,9H2,1H3,(H2,22,27). The highest BCUT2D eigenvalue weighted by Gasteiger charge is 2.28. The summed E-state index contributed by atoms with van der Waals surface area (Å²) in [6.07, 6.45) is 3.78. The van der Waals surface area contributed by atoms with Gasteiger partial charge in [0.25, 0.3) is 5.91 Å². The molecule has 0 spiro atoms. The molecule has 2 N–H and O–H groups in total. The Labute approximate surface area is 154 Å². The number of benzene rings is 1. The molecule has 27 heavy (non-hydrogen) atoms. The summed E-state index contributed by atoms with van der Waals surface area (Å²) in [7, 11) is 0. The van der Waals surface area contributed by atoms with Crippen LogP contribution in [-0.2, 0) is 6.54 Å². The lowest BCUT2D eigenvalue weighted by Crippen LogP contribution is -2.13. The molecule has 2 aromatic heterocycles. The second kappa shape index (κ2) is 6.53. The van der Waals surface area contributed by atoms with Crippen molar-refractivity contribution in [2.24, 2.45) is 5.73 Å². The van der Waals surface area contributed by atoms with Crippen LogP contribution in [0.3, 0.4) is 0 Å². The summed E-state index contributed by atoms with van der Waals surface area (Å²) in [5, 5.41) is 4.14. The SMILES string of the molecule is Cc1cnc(C2CC2)nc1-c1cc(C(N)=O)nn1Cc1c(F)cccc1F. The van der Waals surface area contributed by atoms with E-state index in [1.54, 1.807) is 6.20 Å². The number of nitrogens with two attached hydrogens (primary N) is 1. The maximum atomic E-state index is 14.1. The van der Waals surface area contributed by atoms with Gasteiger partial charge in [-0.15, -0.1) is 0 Å². The molecule has 3 aromatic rings. The number of hydrogen-bond donors (Lipinski definition) is 1. The third-order valence-electron chi connectivity index (χ3n) is 4.58. The summed E-state index contributed by atoms with van der Waals surface area (Å²) in [6, 6.07) is 5.14. The van der Waals surface area contributed by atoms with E-state index in [1.807, 2.05) is 6.92 Å². The zero-order valence-corrected chi connectivity index (χ0v) is 14.6. The number of halogens is 2. The van der Waals surface area contributed by atoms with Crippen LogP contribution in [0.15, 0.2) is 30.5 Å². The van der Waals surface area contributed by atoms with Gasteiger partial charge >= 0.3 is 0 Å². The third kappa shape index (κ3) is 3.30. The lowest BCUT2D eigenvalue weighted by Gasteiger charge is -2.11. The fraction of sp³-hybridized carbons (Fsp3) is 0.263. The molecule has 1 aliphatic carbocycles. The lowest BCUT2D eigenvalue weighted by atomic mass is 10.1. The predicted octanol–water partition coefficient (Wildman–Crippen LogP) is 2.95. The Bertz CT molecular complexity index is 1020. The number of amides is 1. The van der Waals surface area contributed by atoms with Gasteiger partial charge in [-0.2, -0.15) is 5.10 Å². The Kier molecular flexibility index (Phi) is 4.18. The molecule has 0 unspecified atom stereocenters. The quantitative estimate of drug-likeness (QED) is 0.749. The van der Waals surface area contributed by atoms with Gasteiger partial charge in [-0.25, -0.2) is 18.7 Å². The van der Waals surface area contributed by atoms with Gasteiger partial charge in [0.1, 0.15) is 17.5 Å². The molecule has 0 bridgehead atoms. The molecule has 1 aromatic carbocycles. The van der Waals surface area contributed by atoms with E-state index < -0.39 is 17.5 Å². The van der Waals surface area contributed by atoms with Crippen molar-refractivity contribution in [1.29, 1.82) is 0 Å². The monoisotopic (exact) mass is 369 g/mol. The van der Waals surface area contributed by atoms with E-state index in [1.165, 1.54) is 28.9 Å². The number of nitrogens with zero attached hydrogens (tertiary/aromatic N) is 4. The van der Waals surface area contributed by atoms with Gasteiger partial charge in [-0.05, 0) is 43.5 Å². The first kappa shape index (κ1) is 17.3. The van der Waals surface area contributed by atoms with Gasteiger partial charge in [0.05, 0.1) is 17.9 Å². The topological polar surface area (TPSA) is 86.7 Å². The summed E-state index contributed by atoms with van der Waals surface area (Å²) in [4.78, 5) is 20.6. The van der Waals surface area contributed by atoms with Crippen LogP contribution in [0.1, 0.15) is 46.2 Å². The average Bonchev–Trinajstić information content (AvgIpc) is 3.39. The summed E-state index contributed by atoms with van der Waals surface area (Å²) in [6.45, 7) is 1.64. The van der Waals surface area contributed by atoms with Crippen molar-refractivity contribution in [2.45, 2.75) is 32.2 Å². The summed E-state index contributed by atoms with van der Waals surface area (Å²) in [5.74, 6) is -1.04. The van der Waals surface area contributed by atoms with Gasteiger partial charge in [-0.3, -0.25) is 9.48 Å². The molecule has 1 amide bonds. The fourth-order valence-corrected chi connectivity index (χ4v) is 2.93. The first-order valence-electron chi connectivity index (χ1n) is 8.58. The fourth-order valence-electron chi connectivity index (χ4n) is 2.93. The maximum absolute atomic E-state index is 14.1. The van der Waals surface area contributed by atoms with Crippen LogP contribution in [0.4, 0.5) is 8.78 Å². The number of carbonyl (C=O) groups excluding carboxylic acids is 1. The number of primary amides is 1. The Morgan fingerprint density at radius 3 is 2.63 bits per heavy atom. The molecule has 8 heteroatoms. The van der Waals surface area contributed by atoms with Crippen LogP contribution >= 0.6 is 0 Å². The Morgan fingerprint density at radius 2 is 2.00 bits per heavy atom. The van der Waals surface area contributed by atoms with Crippen LogP contribution in [0.25, 0.3) is 11.4 Å². The second-order valence-corrected chi connectivity index (χ2v) is 6.67. The van der Waals surface area contributed by atoms with Crippen molar-refractivity contribution in [3.05, 3.63) is 64.7 Å². The van der Waals surface area contributed by atoms with Crippen molar-refractivity contribution in [1.82, 2.24) is 19.7 Å². The Balaban J connectivity index is 1.83. The van der Waals surface area contributed by atoms with Crippen molar-refractivity contribution in [3.8, 4) is 11.4 Å². The Hall–Kier alpha value is -3.16. The number of aryl methyl sites for hydroxylation is 1. The summed E-state index contributed by atoms with van der Waals surface area (Å²) >= 11 is 0. The van der Waals surface area contributed by atoms with Gasteiger partial charge in [0, 0.05) is 17.7 Å². The smallest absolute Gasteiger partial charge is 0.269 e. The van der Waals surface area contributed by atoms with E-state index in [-0.39, 0.29) is 17.8 Å². The van der Waals surface area contributed by atoms with E-state index in [0.717, 1.165) is 24.2 Å². The molecular weight excluding hydrogens is 352 g/mol. The Morgan fingerprint density at radius 1 is 1.30 bits per heavy atom. The molecular formula is C19H17F2N5O. The average molecular weight is 369 g/mol. The molecule has 2 heterocycles. The van der Waals surface area contributed by atoms with Crippen LogP contribution in [0, 0.1) is 18.6 Å². The third-order valence-corrected chi connectivity index (χ3v) is 4.58. The van der Waals surface area contributed by atoms with E-state index in [0.29, 0.717) is 17.3 Å². The molecule has 6 nitrogen and oxygen atoms in total. The van der Waals surface area contributed by atoms with Crippen LogP contribution in [0.2, 0.25) is 0 Å². The number of rotatable bonds is 5. The number of hydrogen-bond acceptors (Lipinski definition) is 4. The molecule has 1 fully saturated rings.